The zero-order valence-corrected chi connectivity index (χ0v) is 14.4. The van der Waals surface area contributed by atoms with Gasteiger partial charge in [0.1, 0.15) is 11.5 Å². The molecule has 0 aromatic heterocycles. The van der Waals surface area contributed by atoms with Gasteiger partial charge in [-0.15, -0.1) is 12.4 Å². The van der Waals surface area contributed by atoms with Crippen molar-refractivity contribution in [2.45, 2.75) is 12.5 Å². The van der Waals surface area contributed by atoms with E-state index in [1.54, 1.807) is 30.3 Å². The van der Waals surface area contributed by atoms with E-state index in [2.05, 4.69) is 5.10 Å². The number of halogens is 4. The van der Waals surface area contributed by atoms with Crippen LogP contribution < -0.4 is 5.01 Å². The molecule has 1 aliphatic heterocycles. The van der Waals surface area contributed by atoms with Crippen LogP contribution in [0.2, 0.25) is 10.0 Å². The van der Waals surface area contributed by atoms with Crippen molar-refractivity contribution < 1.29 is 14.3 Å². The van der Waals surface area contributed by atoms with Crippen LogP contribution in [-0.4, -0.2) is 16.8 Å². The van der Waals surface area contributed by atoms with Crippen LogP contribution in [0.4, 0.5) is 10.1 Å². The van der Waals surface area contributed by atoms with E-state index < -0.39 is 5.97 Å². The molecule has 0 fully saturated rings. The van der Waals surface area contributed by atoms with Crippen LogP contribution in [0.15, 0.2) is 47.6 Å². The number of hydrogen-bond acceptors (Lipinski definition) is 3. The van der Waals surface area contributed by atoms with Gasteiger partial charge in [-0.2, -0.15) is 5.10 Å². The Morgan fingerprint density at radius 1 is 1.21 bits per heavy atom. The normalized spacial score (nSPS) is 16.5. The van der Waals surface area contributed by atoms with Crippen molar-refractivity contribution in [2.75, 3.05) is 5.01 Å². The molecule has 0 bridgehead atoms. The molecular formula is C16H12Cl3FN2O2. The summed E-state index contributed by atoms with van der Waals surface area (Å²) in [5.41, 5.74) is 1.31. The van der Waals surface area contributed by atoms with Gasteiger partial charge >= 0.3 is 5.97 Å². The third-order valence-corrected chi connectivity index (χ3v) is 4.11. The Balaban J connectivity index is 0.00000208. The number of anilines is 1. The molecule has 126 valence electrons. The van der Waals surface area contributed by atoms with E-state index in [0.29, 0.717) is 15.7 Å². The number of hydrogen-bond donors (Lipinski definition) is 1. The fourth-order valence-electron chi connectivity index (χ4n) is 2.47. The van der Waals surface area contributed by atoms with E-state index in [1.807, 2.05) is 0 Å². The molecule has 2 aromatic rings. The van der Waals surface area contributed by atoms with Gasteiger partial charge in [-0.05, 0) is 35.9 Å². The van der Waals surface area contributed by atoms with Crippen molar-refractivity contribution in [2.24, 2.45) is 5.10 Å². The summed E-state index contributed by atoms with van der Waals surface area (Å²) in [7, 11) is 0. The van der Waals surface area contributed by atoms with Crippen molar-refractivity contribution in [3.05, 3.63) is 63.9 Å². The Morgan fingerprint density at radius 2 is 1.88 bits per heavy atom. The van der Waals surface area contributed by atoms with Crippen LogP contribution >= 0.6 is 35.6 Å². The second-order valence-electron chi connectivity index (χ2n) is 5.06. The molecule has 4 nitrogen and oxygen atoms in total. The number of carboxylic acids is 1. The number of rotatable bonds is 3. The van der Waals surface area contributed by atoms with Crippen molar-refractivity contribution in [1.29, 1.82) is 0 Å². The number of carboxylic acid groups (broad SMARTS) is 1. The van der Waals surface area contributed by atoms with Crippen molar-refractivity contribution in [3.8, 4) is 0 Å². The average molecular weight is 390 g/mol. The first-order valence-corrected chi connectivity index (χ1v) is 7.52. The van der Waals surface area contributed by atoms with Gasteiger partial charge in [0.05, 0.1) is 16.8 Å². The first kappa shape index (κ1) is 18.5. The van der Waals surface area contributed by atoms with Gasteiger partial charge in [-0.3, -0.25) is 5.01 Å². The van der Waals surface area contributed by atoms with E-state index in [4.69, 9.17) is 23.2 Å². The SMILES string of the molecule is Cl.O=C(O)C1=NN(c2ccc(Cl)cc2Cl)C(c2ccc(F)cc2)C1. The molecule has 0 saturated heterocycles. The van der Waals surface area contributed by atoms with Crippen LogP contribution in [0.3, 0.4) is 0 Å². The number of aliphatic carboxylic acids is 1. The Labute approximate surface area is 153 Å². The molecule has 0 saturated carbocycles. The molecule has 1 heterocycles. The summed E-state index contributed by atoms with van der Waals surface area (Å²) < 4.78 is 13.1. The lowest BCUT2D eigenvalue weighted by Gasteiger charge is -2.24. The zero-order chi connectivity index (χ0) is 16.6. The molecule has 0 aliphatic carbocycles. The molecule has 1 atom stereocenters. The van der Waals surface area contributed by atoms with Gasteiger partial charge in [-0.25, -0.2) is 9.18 Å². The molecule has 24 heavy (non-hydrogen) atoms. The Morgan fingerprint density at radius 3 is 2.46 bits per heavy atom. The smallest absolute Gasteiger partial charge is 0.352 e. The fourth-order valence-corrected chi connectivity index (χ4v) is 2.97. The molecule has 0 radical (unpaired) electrons. The average Bonchev–Trinajstić information content (AvgIpc) is 2.93. The van der Waals surface area contributed by atoms with Crippen molar-refractivity contribution in [3.63, 3.8) is 0 Å². The predicted molar refractivity (Wildman–Crippen MR) is 95.0 cm³/mol. The minimum absolute atomic E-state index is 0. The number of hydrazone groups is 1. The van der Waals surface area contributed by atoms with Crippen LogP contribution in [-0.2, 0) is 4.79 Å². The van der Waals surface area contributed by atoms with Gasteiger partial charge < -0.3 is 5.11 Å². The Hall–Kier alpha value is -1.82. The molecule has 0 amide bonds. The molecule has 3 rings (SSSR count). The highest BCUT2D eigenvalue weighted by atomic mass is 35.5. The van der Waals surface area contributed by atoms with E-state index >= 15 is 0 Å². The molecular weight excluding hydrogens is 378 g/mol. The van der Waals surface area contributed by atoms with E-state index in [1.165, 1.54) is 17.1 Å². The maximum absolute atomic E-state index is 13.1. The topological polar surface area (TPSA) is 52.9 Å². The third-order valence-electron chi connectivity index (χ3n) is 3.57. The Kier molecular flexibility index (Phi) is 5.70. The first-order chi connectivity index (χ1) is 11.0. The summed E-state index contributed by atoms with van der Waals surface area (Å²) >= 11 is 12.1. The fraction of sp³-hybridized carbons (Fsp3) is 0.125. The highest BCUT2D eigenvalue weighted by Crippen LogP contribution is 2.39. The zero-order valence-electron chi connectivity index (χ0n) is 12.1. The maximum Gasteiger partial charge on any atom is 0.352 e. The highest BCUT2D eigenvalue weighted by Gasteiger charge is 2.33. The monoisotopic (exact) mass is 388 g/mol. The lowest BCUT2D eigenvalue weighted by molar-refractivity contribution is -0.129. The van der Waals surface area contributed by atoms with Gasteiger partial charge in [-0.1, -0.05) is 35.3 Å². The summed E-state index contributed by atoms with van der Waals surface area (Å²) in [6.45, 7) is 0. The lowest BCUT2D eigenvalue weighted by Crippen LogP contribution is -2.19. The summed E-state index contributed by atoms with van der Waals surface area (Å²) in [6, 6.07) is 10.4. The minimum atomic E-state index is -1.09. The third kappa shape index (κ3) is 3.64. The summed E-state index contributed by atoms with van der Waals surface area (Å²) in [6.07, 6.45) is 0.194. The van der Waals surface area contributed by atoms with Crippen LogP contribution in [0, 0.1) is 5.82 Å². The highest BCUT2D eigenvalue weighted by molar-refractivity contribution is 6.38. The molecule has 1 N–H and O–H groups in total. The molecule has 8 heteroatoms. The number of nitrogens with zero attached hydrogens (tertiary/aromatic N) is 2. The second kappa shape index (κ2) is 7.38. The molecule has 2 aromatic carbocycles. The first-order valence-electron chi connectivity index (χ1n) is 6.76. The van der Waals surface area contributed by atoms with Gasteiger partial charge in [0.2, 0.25) is 0 Å². The van der Waals surface area contributed by atoms with Crippen LogP contribution in [0.25, 0.3) is 0 Å². The van der Waals surface area contributed by atoms with Crippen LogP contribution in [0.5, 0.6) is 0 Å². The number of benzene rings is 2. The second-order valence-corrected chi connectivity index (χ2v) is 5.91. The van der Waals surface area contributed by atoms with E-state index in [-0.39, 0.29) is 36.4 Å². The van der Waals surface area contributed by atoms with Gasteiger partial charge in [0, 0.05) is 11.4 Å². The largest absolute Gasteiger partial charge is 0.477 e. The van der Waals surface area contributed by atoms with Gasteiger partial charge in [0.15, 0.2) is 0 Å². The molecule has 1 aliphatic rings. The van der Waals surface area contributed by atoms with Crippen molar-refractivity contribution in [1.82, 2.24) is 0 Å². The summed E-state index contributed by atoms with van der Waals surface area (Å²) in [4.78, 5) is 11.3. The molecule has 1 unspecified atom stereocenters. The standard InChI is InChI=1S/C16H11Cl2FN2O2.ClH/c17-10-3-6-14(12(18)7-10)21-15(8-13(20-21)16(22)23)9-1-4-11(19)5-2-9;/h1-7,15H,8H2,(H,22,23);1H. The maximum atomic E-state index is 13.1. The van der Waals surface area contributed by atoms with Crippen LogP contribution in [0.1, 0.15) is 18.0 Å². The molecule has 0 spiro atoms. The predicted octanol–water partition coefficient (Wildman–Crippen LogP) is 4.95. The Bertz CT molecular complexity index is 796. The summed E-state index contributed by atoms with van der Waals surface area (Å²) in [5, 5.41) is 15.8. The van der Waals surface area contributed by atoms with E-state index in [9.17, 15) is 14.3 Å². The van der Waals surface area contributed by atoms with Crippen molar-refractivity contribution >= 4 is 53.0 Å². The number of carbonyl (C=O) groups is 1. The van der Waals surface area contributed by atoms with Gasteiger partial charge in [0.25, 0.3) is 0 Å². The lowest BCUT2D eigenvalue weighted by atomic mass is 10.0. The quantitative estimate of drug-likeness (QED) is 0.808. The van der Waals surface area contributed by atoms with E-state index in [0.717, 1.165) is 5.56 Å². The minimum Gasteiger partial charge on any atom is -0.477 e. The summed E-state index contributed by atoms with van der Waals surface area (Å²) in [5.74, 6) is -1.45.